The third kappa shape index (κ3) is 4.26. The van der Waals surface area contributed by atoms with Crippen LogP contribution >= 0.6 is 27.7 Å². The number of methoxy groups -OCH3 is 1. The number of thioether (sulfide) groups is 1. The quantitative estimate of drug-likeness (QED) is 0.479. The van der Waals surface area contributed by atoms with Gasteiger partial charge in [-0.3, -0.25) is 9.52 Å². The van der Waals surface area contributed by atoms with E-state index >= 15 is 0 Å². The van der Waals surface area contributed by atoms with Crippen LogP contribution in [0.3, 0.4) is 0 Å². The summed E-state index contributed by atoms with van der Waals surface area (Å²) < 4.78 is 34.4. The molecule has 146 valence electrons. The average molecular weight is 482 g/mol. The van der Waals surface area contributed by atoms with Crippen LogP contribution in [0.25, 0.3) is 10.8 Å². The molecule has 0 heterocycles. The number of rotatable bonds is 7. The molecule has 0 spiro atoms. The van der Waals surface area contributed by atoms with E-state index in [1.165, 1.54) is 13.2 Å². The van der Waals surface area contributed by atoms with Gasteiger partial charge in [0.25, 0.3) is 10.0 Å². The fourth-order valence-corrected chi connectivity index (χ4v) is 5.61. The van der Waals surface area contributed by atoms with Crippen LogP contribution in [0, 0.1) is 0 Å². The number of halogens is 1. The number of hydrogen-bond donors (Lipinski definition) is 2. The first-order valence-corrected chi connectivity index (χ1v) is 11.3. The number of carboxylic acid groups (broad SMARTS) is 1. The van der Waals surface area contributed by atoms with E-state index in [2.05, 4.69) is 20.7 Å². The van der Waals surface area contributed by atoms with Crippen molar-refractivity contribution in [1.29, 1.82) is 0 Å². The summed E-state index contributed by atoms with van der Waals surface area (Å²) in [7, 11) is -2.37. The van der Waals surface area contributed by atoms with Gasteiger partial charge >= 0.3 is 5.97 Å². The first-order chi connectivity index (χ1) is 13.3. The molecule has 0 saturated heterocycles. The Morgan fingerprint density at radius 3 is 2.43 bits per heavy atom. The van der Waals surface area contributed by atoms with E-state index < -0.39 is 16.0 Å². The van der Waals surface area contributed by atoms with E-state index in [1.807, 2.05) is 6.07 Å². The summed E-state index contributed by atoms with van der Waals surface area (Å²) in [5, 5.41) is 10.3. The van der Waals surface area contributed by atoms with Crippen molar-refractivity contribution in [3.05, 3.63) is 59.1 Å². The lowest BCUT2D eigenvalue weighted by Gasteiger charge is -2.17. The molecule has 0 atom stereocenters. The van der Waals surface area contributed by atoms with Gasteiger partial charge in [0.05, 0.1) is 23.4 Å². The summed E-state index contributed by atoms with van der Waals surface area (Å²) in [6, 6.07) is 15.3. The Bertz CT molecular complexity index is 1150. The van der Waals surface area contributed by atoms with Crippen molar-refractivity contribution in [2.24, 2.45) is 0 Å². The van der Waals surface area contributed by atoms with Gasteiger partial charge < -0.3 is 9.84 Å². The predicted octanol–water partition coefficient (Wildman–Crippen LogP) is 4.59. The van der Waals surface area contributed by atoms with Gasteiger partial charge in [-0.15, -0.1) is 11.8 Å². The van der Waals surface area contributed by atoms with Crippen molar-refractivity contribution in [1.82, 2.24) is 0 Å². The van der Waals surface area contributed by atoms with Crippen LogP contribution in [0.15, 0.2) is 68.9 Å². The van der Waals surface area contributed by atoms with Crippen LogP contribution < -0.4 is 9.46 Å². The minimum absolute atomic E-state index is 0.106. The topological polar surface area (TPSA) is 92.7 Å². The van der Waals surface area contributed by atoms with Gasteiger partial charge in [0, 0.05) is 15.2 Å². The molecule has 9 heteroatoms. The number of anilines is 1. The van der Waals surface area contributed by atoms with Gasteiger partial charge in [0.15, 0.2) is 0 Å². The molecule has 0 unspecified atom stereocenters. The standard InChI is InChI=1S/C19H16BrNO5S2/c1-26-19-13-7-3-2-6-12(13)15(10-16(19)27-11-18(22)23)21-28(24,25)17-9-5-4-8-14(17)20/h2-10,21H,11H2,1H3,(H,22,23). The van der Waals surface area contributed by atoms with Gasteiger partial charge in [0.2, 0.25) is 0 Å². The minimum Gasteiger partial charge on any atom is -0.495 e. The van der Waals surface area contributed by atoms with Crippen LogP contribution in [-0.2, 0) is 14.8 Å². The zero-order chi connectivity index (χ0) is 20.3. The van der Waals surface area contributed by atoms with Gasteiger partial charge in [0.1, 0.15) is 10.6 Å². The molecule has 0 bridgehead atoms. The summed E-state index contributed by atoms with van der Waals surface area (Å²) in [6.07, 6.45) is 0. The van der Waals surface area contributed by atoms with Crippen LogP contribution in [0.1, 0.15) is 0 Å². The lowest BCUT2D eigenvalue weighted by Crippen LogP contribution is -2.14. The van der Waals surface area contributed by atoms with E-state index in [0.717, 1.165) is 11.8 Å². The van der Waals surface area contributed by atoms with Gasteiger partial charge in [-0.1, -0.05) is 36.4 Å². The summed E-state index contributed by atoms with van der Waals surface area (Å²) in [5.74, 6) is -0.647. The zero-order valence-corrected chi connectivity index (χ0v) is 17.9. The minimum atomic E-state index is -3.87. The second kappa shape index (κ2) is 8.42. The summed E-state index contributed by atoms with van der Waals surface area (Å²) in [4.78, 5) is 11.6. The second-order valence-electron chi connectivity index (χ2n) is 5.72. The molecule has 0 fully saturated rings. The molecule has 28 heavy (non-hydrogen) atoms. The Hall–Kier alpha value is -2.23. The van der Waals surface area contributed by atoms with E-state index in [-0.39, 0.29) is 10.6 Å². The van der Waals surface area contributed by atoms with Gasteiger partial charge in [-0.2, -0.15) is 0 Å². The highest BCUT2D eigenvalue weighted by atomic mass is 79.9. The summed E-state index contributed by atoms with van der Waals surface area (Å²) in [6.45, 7) is 0. The van der Waals surface area contributed by atoms with Crippen LogP contribution in [0.5, 0.6) is 5.75 Å². The largest absolute Gasteiger partial charge is 0.495 e. The van der Waals surface area contributed by atoms with Crippen molar-refractivity contribution < 1.29 is 23.1 Å². The van der Waals surface area contributed by atoms with Crippen LogP contribution in [-0.4, -0.2) is 32.4 Å². The average Bonchev–Trinajstić information content (AvgIpc) is 2.66. The Balaban J connectivity index is 2.15. The van der Waals surface area contributed by atoms with Gasteiger partial charge in [-0.05, 0) is 34.1 Å². The summed E-state index contributed by atoms with van der Waals surface area (Å²) >= 11 is 4.33. The maximum atomic E-state index is 12.9. The first-order valence-electron chi connectivity index (χ1n) is 8.05. The number of aliphatic carboxylic acids is 1. The highest BCUT2D eigenvalue weighted by molar-refractivity contribution is 9.10. The summed E-state index contributed by atoms with van der Waals surface area (Å²) in [5.41, 5.74) is 0.347. The van der Waals surface area contributed by atoms with E-state index in [4.69, 9.17) is 9.84 Å². The van der Waals surface area contributed by atoms with Crippen molar-refractivity contribution >= 4 is 60.1 Å². The lowest BCUT2D eigenvalue weighted by atomic mass is 10.1. The molecule has 0 aliphatic heterocycles. The number of sulfonamides is 1. The maximum Gasteiger partial charge on any atom is 0.313 e. The fourth-order valence-electron chi connectivity index (χ4n) is 2.73. The molecule has 0 amide bonds. The number of carboxylic acids is 1. The highest BCUT2D eigenvalue weighted by Crippen LogP contribution is 2.41. The molecule has 0 saturated carbocycles. The fraction of sp³-hybridized carbons (Fsp3) is 0.105. The molecule has 0 radical (unpaired) electrons. The van der Waals surface area contributed by atoms with Crippen molar-refractivity contribution in [2.75, 3.05) is 17.6 Å². The normalized spacial score (nSPS) is 11.4. The van der Waals surface area contributed by atoms with Crippen molar-refractivity contribution in [3.8, 4) is 5.75 Å². The molecule has 6 nitrogen and oxygen atoms in total. The number of carbonyl (C=O) groups is 1. The molecular formula is C19H16BrNO5S2. The third-order valence-corrected chi connectivity index (χ3v) is 7.27. The molecule has 3 aromatic carbocycles. The molecule has 2 N–H and O–H groups in total. The number of benzene rings is 3. The second-order valence-corrected chi connectivity index (χ2v) is 9.24. The molecule has 3 rings (SSSR count). The maximum absolute atomic E-state index is 12.9. The van der Waals surface area contributed by atoms with Crippen molar-refractivity contribution in [3.63, 3.8) is 0 Å². The molecule has 0 aliphatic rings. The van der Waals surface area contributed by atoms with E-state index in [9.17, 15) is 13.2 Å². The Kier molecular flexibility index (Phi) is 6.17. The predicted molar refractivity (Wildman–Crippen MR) is 114 cm³/mol. The van der Waals surface area contributed by atoms with Crippen LogP contribution in [0.4, 0.5) is 5.69 Å². The lowest BCUT2D eigenvalue weighted by molar-refractivity contribution is -0.133. The van der Waals surface area contributed by atoms with Gasteiger partial charge in [-0.25, -0.2) is 8.42 Å². The SMILES string of the molecule is COc1c(SCC(=O)O)cc(NS(=O)(=O)c2ccccc2Br)c2ccccc12. The Morgan fingerprint density at radius 2 is 1.79 bits per heavy atom. The first kappa shape index (κ1) is 20.5. The zero-order valence-electron chi connectivity index (χ0n) is 14.7. The monoisotopic (exact) mass is 481 g/mol. The Morgan fingerprint density at radius 1 is 1.14 bits per heavy atom. The van der Waals surface area contributed by atoms with Crippen LogP contribution in [0.2, 0.25) is 0 Å². The van der Waals surface area contributed by atoms with Crippen molar-refractivity contribution in [2.45, 2.75) is 9.79 Å². The number of nitrogens with one attached hydrogen (secondary N) is 1. The molecule has 3 aromatic rings. The van der Waals surface area contributed by atoms with E-state index in [1.54, 1.807) is 42.5 Å². The number of ether oxygens (including phenoxy) is 1. The smallest absolute Gasteiger partial charge is 0.313 e. The number of fused-ring (bicyclic) bond motifs is 1. The molecular weight excluding hydrogens is 466 g/mol. The molecule has 0 aliphatic carbocycles. The van der Waals surface area contributed by atoms with E-state index in [0.29, 0.717) is 31.6 Å². The highest BCUT2D eigenvalue weighted by Gasteiger charge is 2.21. The third-order valence-electron chi connectivity index (χ3n) is 3.89. The number of hydrogen-bond acceptors (Lipinski definition) is 5. The molecule has 0 aromatic heterocycles. The Labute approximate surface area is 175 Å².